The molecule has 0 bridgehead atoms. The van der Waals surface area contributed by atoms with E-state index in [0.717, 1.165) is 11.1 Å². The number of aliphatic hydroxyl groups excluding tert-OH is 1. The zero-order chi connectivity index (χ0) is 23.3. The number of hydrogen-bond acceptors (Lipinski definition) is 5. The van der Waals surface area contributed by atoms with Crippen LogP contribution in [0.15, 0.2) is 54.6 Å². The molecule has 0 radical (unpaired) electrons. The topological polar surface area (TPSA) is 111 Å². The van der Waals surface area contributed by atoms with Gasteiger partial charge in [-0.1, -0.05) is 42.5 Å². The third-order valence-electron chi connectivity index (χ3n) is 5.06. The molecule has 0 aliphatic carbocycles. The number of likely N-dealkylation sites (N-methyl/N-ethyl adjacent to an activating group) is 1. The van der Waals surface area contributed by atoms with Gasteiger partial charge < -0.3 is 31.3 Å². The second kappa shape index (κ2) is 13.3. The number of nitrogens with two attached hydrogens (primary N) is 1. The molecular weight excluding hydrogens is 406 g/mol. The van der Waals surface area contributed by atoms with Crippen molar-refractivity contribution in [3.05, 3.63) is 65.7 Å². The Morgan fingerprint density at radius 2 is 1.66 bits per heavy atom. The summed E-state index contributed by atoms with van der Waals surface area (Å²) in [4.78, 5) is 29.4. The molecule has 0 aromatic heterocycles. The Bertz CT molecular complexity index is 827. The summed E-state index contributed by atoms with van der Waals surface area (Å²) in [5.41, 5.74) is 8.39. The van der Waals surface area contributed by atoms with E-state index in [1.165, 1.54) is 4.90 Å². The van der Waals surface area contributed by atoms with Crippen LogP contribution in [0.25, 0.3) is 0 Å². The van der Waals surface area contributed by atoms with Crippen LogP contribution in [-0.2, 0) is 17.6 Å². The maximum Gasteiger partial charge on any atom is 0.318 e. The molecule has 0 saturated carbocycles. The minimum absolute atomic E-state index is 0.153. The molecule has 0 heterocycles. The summed E-state index contributed by atoms with van der Waals surface area (Å²) >= 11 is 0. The minimum Gasteiger partial charge on any atom is -0.399 e. The lowest BCUT2D eigenvalue weighted by Crippen LogP contribution is -2.53. The van der Waals surface area contributed by atoms with Crippen molar-refractivity contribution >= 4 is 17.6 Å². The zero-order valence-corrected chi connectivity index (χ0v) is 19.0. The fourth-order valence-corrected chi connectivity index (χ4v) is 3.21. The fourth-order valence-electron chi connectivity index (χ4n) is 3.21. The third-order valence-corrected chi connectivity index (χ3v) is 5.06. The molecule has 0 fully saturated rings. The molecule has 3 amide bonds. The van der Waals surface area contributed by atoms with Crippen molar-refractivity contribution < 1.29 is 14.7 Å². The van der Waals surface area contributed by atoms with Crippen molar-refractivity contribution in [3.8, 4) is 0 Å². The van der Waals surface area contributed by atoms with Gasteiger partial charge in [-0.3, -0.25) is 4.79 Å². The highest BCUT2D eigenvalue weighted by Crippen LogP contribution is 2.09. The molecule has 0 saturated heterocycles. The summed E-state index contributed by atoms with van der Waals surface area (Å²) in [5, 5.41) is 15.2. The van der Waals surface area contributed by atoms with Crippen LogP contribution in [0, 0.1) is 0 Å². The first-order chi connectivity index (χ1) is 15.4. The average molecular weight is 442 g/mol. The molecule has 2 rings (SSSR count). The summed E-state index contributed by atoms with van der Waals surface area (Å²) in [6, 6.07) is 16.0. The Labute approximate surface area is 190 Å². The standard InChI is InChI=1S/C24H35N5O3/c1-28(2)15-13-26-23(31)22(18-20-8-10-21(25)11-9-20)27-24(32)29(16-17-30)14-12-19-6-4-3-5-7-19/h3-11,22,30H,12-18,25H2,1-2H3,(H,26,31)(H,27,32). The monoisotopic (exact) mass is 441 g/mol. The summed E-state index contributed by atoms with van der Waals surface area (Å²) in [5.74, 6) is -0.246. The van der Waals surface area contributed by atoms with Crippen molar-refractivity contribution in [2.24, 2.45) is 0 Å². The number of benzene rings is 2. The van der Waals surface area contributed by atoms with Crippen LogP contribution < -0.4 is 16.4 Å². The molecule has 5 N–H and O–H groups in total. The van der Waals surface area contributed by atoms with E-state index in [-0.39, 0.29) is 25.1 Å². The number of anilines is 1. The lowest BCUT2D eigenvalue weighted by atomic mass is 10.0. The van der Waals surface area contributed by atoms with Crippen molar-refractivity contribution in [3.63, 3.8) is 0 Å². The first-order valence-corrected chi connectivity index (χ1v) is 10.9. The van der Waals surface area contributed by atoms with Crippen molar-refractivity contribution in [1.82, 2.24) is 20.4 Å². The van der Waals surface area contributed by atoms with E-state index >= 15 is 0 Å². The zero-order valence-electron chi connectivity index (χ0n) is 19.0. The highest BCUT2D eigenvalue weighted by atomic mass is 16.3. The van der Waals surface area contributed by atoms with Crippen LogP contribution >= 0.6 is 0 Å². The van der Waals surface area contributed by atoms with E-state index in [4.69, 9.17) is 5.73 Å². The van der Waals surface area contributed by atoms with Gasteiger partial charge in [-0.25, -0.2) is 4.79 Å². The van der Waals surface area contributed by atoms with Crippen LogP contribution in [0.3, 0.4) is 0 Å². The quantitative estimate of drug-likeness (QED) is 0.369. The number of rotatable bonds is 12. The lowest BCUT2D eigenvalue weighted by molar-refractivity contribution is -0.123. The largest absolute Gasteiger partial charge is 0.399 e. The van der Waals surface area contributed by atoms with Gasteiger partial charge in [0, 0.05) is 38.3 Å². The van der Waals surface area contributed by atoms with Gasteiger partial charge in [0.05, 0.1) is 6.61 Å². The summed E-state index contributed by atoms with van der Waals surface area (Å²) in [6.45, 7) is 1.65. The van der Waals surface area contributed by atoms with Crippen molar-refractivity contribution in [2.45, 2.75) is 18.9 Å². The van der Waals surface area contributed by atoms with E-state index in [1.807, 2.05) is 61.5 Å². The maximum atomic E-state index is 13.0. The van der Waals surface area contributed by atoms with Gasteiger partial charge in [0.25, 0.3) is 0 Å². The Morgan fingerprint density at radius 1 is 0.969 bits per heavy atom. The second-order valence-electron chi connectivity index (χ2n) is 7.99. The fraction of sp³-hybridized carbons (Fsp3) is 0.417. The number of carbonyl (C=O) groups excluding carboxylic acids is 2. The lowest BCUT2D eigenvalue weighted by Gasteiger charge is -2.26. The normalized spacial score (nSPS) is 11.8. The molecule has 1 atom stereocenters. The van der Waals surface area contributed by atoms with E-state index in [0.29, 0.717) is 38.2 Å². The van der Waals surface area contributed by atoms with Crippen LogP contribution in [0.2, 0.25) is 0 Å². The molecule has 2 aromatic rings. The Morgan fingerprint density at radius 3 is 2.28 bits per heavy atom. The smallest absolute Gasteiger partial charge is 0.318 e. The minimum atomic E-state index is -0.744. The second-order valence-corrected chi connectivity index (χ2v) is 7.99. The number of nitrogens with one attached hydrogen (secondary N) is 2. The molecule has 0 spiro atoms. The highest BCUT2D eigenvalue weighted by molar-refractivity contribution is 5.87. The van der Waals surface area contributed by atoms with Crippen LogP contribution in [-0.4, -0.2) is 79.8 Å². The SMILES string of the molecule is CN(C)CCNC(=O)C(Cc1ccc(N)cc1)NC(=O)N(CCO)CCc1ccccc1. The highest BCUT2D eigenvalue weighted by Gasteiger charge is 2.24. The Kier molecular flexibility index (Phi) is 10.5. The molecule has 8 nitrogen and oxygen atoms in total. The molecule has 2 aromatic carbocycles. The average Bonchev–Trinajstić information content (AvgIpc) is 2.78. The van der Waals surface area contributed by atoms with Crippen molar-refractivity contribution in [2.75, 3.05) is 52.6 Å². The van der Waals surface area contributed by atoms with Crippen molar-refractivity contribution in [1.29, 1.82) is 0 Å². The predicted molar refractivity (Wildman–Crippen MR) is 127 cm³/mol. The van der Waals surface area contributed by atoms with Gasteiger partial charge in [-0.2, -0.15) is 0 Å². The van der Waals surface area contributed by atoms with Gasteiger partial charge >= 0.3 is 6.03 Å². The van der Waals surface area contributed by atoms with Gasteiger partial charge in [0.2, 0.25) is 5.91 Å². The molecular formula is C24H35N5O3. The van der Waals surface area contributed by atoms with Gasteiger partial charge in [0.15, 0.2) is 0 Å². The Balaban J connectivity index is 2.06. The molecule has 1 unspecified atom stereocenters. The van der Waals surface area contributed by atoms with E-state index in [9.17, 15) is 14.7 Å². The summed E-state index contributed by atoms with van der Waals surface area (Å²) in [6.07, 6.45) is 0.997. The number of nitrogens with zero attached hydrogens (tertiary/aromatic N) is 2. The summed E-state index contributed by atoms with van der Waals surface area (Å²) < 4.78 is 0. The Hall–Kier alpha value is -3.10. The molecule has 0 aliphatic heterocycles. The van der Waals surface area contributed by atoms with Crippen LogP contribution in [0.4, 0.5) is 10.5 Å². The van der Waals surface area contributed by atoms with E-state index in [2.05, 4.69) is 10.6 Å². The predicted octanol–water partition coefficient (Wildman–Crippen LogP) is 1.10. The number of urea groups is 1. The molecule has 8 heteroatoms. The van der Waals surface area contributed by atoms with E-state index < -0.39 is 6.04 Å². The number of hydrogen-bond donors (Lipinski definition) is 4. The number of aliphatic hydroxyl groups is 1. The molecule has 0 aliphatic rings. The molecule has 32 heavy (non-hydrogen) atoms. The third kappa shape index (κ3) is 8.95. The molecule has 174 valence electrons. The first-order valence-electron chi connectivity index (χ1n) is 10.9. The summed E-state index contributed by atoms with van der Waals surface area (Å²) in [7, 11) is 3.86. The van der Waals surface area contributed by atoms with Crippen LogP contribution in [0.1, 0.15) is 11.1 Å². The van der Waals surface area contributed by atoms with Gasteiger partial charge in [-0.15, -0.1) is 0 Å². The van der Waals surface area contributed by atoms with Gasteiger partial charge in [-0.05, 0) is 43.8 Å². The number of nitrogen functional groups attached to an aromatic ring is 1. The van der Waals surface area contributed by atoms with E-state index in [1.54, 1.807) is 12.1 Å². The first kappa shape index (κ1) is 25.2. The maximum absolute atomic E-state index is 13.0. The van der Waals surface area contributed by atoms with Crippen LogP contribution in [0.5, 0.6) is 0 Å². The number of carbonyl (C=O) groups is 2. The number of amides is 3. The van der Waals surface area contributed by atoms with Gasteiger partial charge in [0.1, 0.15) is 6.04 Å².